The molecule has 0 saturated carbocycles. The molecule has 0 aliphatic heterocycles. The van der Waals surface area contributed by atoms with Gasteiger partial charge < -0.3 is 5.11 Å². The Bertz CT molecular complexity index is 588. The lowest BCUT2D eigenvalue weighted by atomic mass is 10.4. The molecule has 8 heteroatoms. The quantitative estimate of drug-likeness (QED) is 0.864. The summed E-state index contributed by atoms with van der Waals surface area (Å²) in [5.74, 6) is -1.21. The van der Waals surface area contributed by atoms with Crippen molar-refractivity contribution in [1.82, 2.24) is 4.31 Å². The van der Waals surface area contributed by atoms with Crippen LogP contribution in [0.5, 0.6) is 0 Å². The van der Waals surface area contributed by atoms with Gasteiger partial charge in [-0.25, -0.2) is 8.42 Å². The Balaban J connectivity index is 3.34. The number of hydrogen-bond acceptors (Lipinski definition) is 3. The summed E-state index contributed by atoms with van der Waals surface area (Å²) < 4.78 is 26.2. The van der Waals surface area contributed by atoms with Crippen molar-refractivity contribution in [2.24, 2.45) is 0 Å². The zero-order chi connectivity index (χ0) is 14.8. The zero-order valence-electron chi connectivity index (χ0n) is 10.3. The maximum Gasteiger partial charge on any atom is 0.318 e. The molecule has 0 spiro atoms. The molecule has 1 rings (SSSR count). The third-order valence-corrected chi connectivity index (χ3v) is 5.60. The van der Waals surface area contributed by atoms with Crippen molar-refractivity contribution in [3.05, 3.63) is 27.7 Å². The SMILES string of the molecule is CC(C)N(CC(=O)O)S(=O)(=O)c1cc(Cl)ccc1Br. The van der Waals surface area contributed by atoms with Crippen LogP contribution in [-0.4, -0.2) is 36.4 Å². The predicted octanol–water partition coefficient (Wildman–Crippen LogP) is 2.59. The number of hydrogen-bond donors (Lipinski definition) is 1. The molecular formula is C11H13BrClNO4S. The lowest BCUT2D eigenvalue weighted by Crippen LogP contribution is -2.40. The zero-order valence-corrected chi connectivity index (χ0v) is 13.5. The second kappa shape index (κ2) is 6.21. The molecule has 5 nitrogen and oxygen atoms in total. The molecule has 1 aromatic rings. The van der Waals surface area contributed by atoms with Crippen molar-refractivity contribution in [3.63, 3.8) is 0 Å². The molecule has 0 aliphatic rings. The van der Waals surface area contributed by atoms with Gasteiger partial charge in [0.05, 0.1) is 4.90 Å². The lowest BCUT2D eigenvalue weighted by molar-refractivity contribution is -0.137. The van der Waals surface area contributed by atoms with Crippen molar-refractivity contribution in [2.45, 2.75) is 24.8 Å². The van der Waals surface area contributed by atoms with Crippen LogP contribution in [0.3, 0.4) is 0 Å². The number of rotatable bonds is 5. The van der Waals surface area contributed by atoms with Gasteiger partial charge in [-0.2, -0.15) is 4.31 Å². The van der Waals surface area contributed by atoms with E-state index in [1.165, 1.54) is 12.1 Å². The Morgan fingerprint density at radius 3 is 2.53 bits per heavy atom. The molecule has 0 aliphatic carbocycles. The van der Waals surface area contributed by atoms with E-state index in [-0.39, 0.29) is 9.92 Å². The Labute approximate surface area is 125 Å². The summed E-state index contributed by atoms with van der Waals surface area (Å²) in [6.07, 6.45) is 0. The molecular weight excluding hydrogens is 358 g/mol. The minimum atomic E-state index is -3.93. The van der Waals surface area contributed by atoms with Gasteiger partial charge in [0.25, 0.3) is 0 Å². The van der Waals surface area contributed by atoms with Crippen LogP contribution >= 0.6 is 27.5 Å². The molecule has 0 fully saturated rings. The van der Waals surface area contributed by atoms with Crippen molar-refractivity contribution >= 4 is 43.5 Å². The first-order valence-corrected chi connectivity index (χ1v) is 7.96. The third kappa shape index (κ3) is 3.92. The highest BCUT2D eigenvalue weighted by Crippen LogP contribution is 2.28. The van der Waals surface area contributed by atoms with Gasteiger partial charge in [0.2, 0.25) is 10.0 Å². The van der Waals surface area contributed by atoms with Gasteiger partial charge in [0.1, 0.15) is 6.54 Å². The smallest absolute Gasteiger partial charge is 0.318 e. The summed E-state index contributed by atoms with van der Waals surface area (Å²) in [4.78, 5) is 10.8. The van der Waals surface area contributed by atoms with Gasteiger partial charge in [-0.1, -0.05) is 11.6 Å². The fourth-order valence-corrected chi connectivity index (χ4v) is 4.26. The molecule has 0 heterocycles. The molecule has 0 bridgehead atoms. The van der Waals surface area contributed by atoms with Crippen LogP contribution in [0.4, 0.5) is 0 Å². The van der Waals surface area contributed by atoms with E-state index in [4.69, 9.17) is 16.7 Å². The van der Waals surface area contributed by atoms with E-state index in [0.717, 1.165) is 4.31 Å². The number of halogens is 2. The van der Waals surface area contributed by atoms with E-state index in [1.54, 1.807) is 19.9 Å². The summed E-state index contributed by atoms with van der Waals surface area (Å²) in [5.41, 5.74) is 0. The highest BCUT2D eigenvalue weighted by Gasteiger charge is 2.30. The van der Waals surface area contributed by atoms with Crippen LogP contribution in [0.25, 0.3) is 0 Å². The van der Waals surface area contributed by atoms with Crippen molar-refractivity contribution < 1.29 is 18.3 Å². The molecule has 106 valence electrons. The van der Waals surface area contributed by atoms with Crippen LogP contribution < -0.4 is 0 Å². The molecule has 0 amide bonds. The van der Waals surface area contributed by atoms with Gasteiger partial charge in [0.15, 0.2) is 0 Å². The predicted molar refractivity (Wildman–Crippen MR) is 75.8 cm³/mol. The maximum absolute atomic E-state index is 12.5. The normalized spacial score (nSPS) is 12.1. The van der Waals surface area contributed by atoms with Crippen molar-refractivity contribution in [2.75, 3.05) is 6.54 Å². The number of carboxylic acids is 1. The van der Waals surface area contributed by atoms with Crippen molar-refractivity contribution in [1.29, 1.82) is 0 Å². The minimum absolute atomic E-state index is 0.0463. The van der Waals surface area contributed by atoms with Crippen LogP contribution in [0.2, 0.25) is 5.02 Å². The van der Waals surface area contributed by atoms with E-state index in [9.17, 15) is 13.2 Å². The van der Waals surface area contributed by atoms with Gasteiger partial charge in [-0.15, -0.1) is 0 Å². The number of carbonyl (C=O) groups is 1. The monoisotopic (exact) mass is 369 g/mol. The van der Waals surface area contributed by atoms with E-state index in [2.05, 4.69) is 15.9 Å². The molecule has 19 heavy (non-hydrogen) atoms. The second-order valence-electron chi connectivity index (χ2n) is 4.11. The fourth-order valence-electron chi connectivity index (χ4n) is 1.48. The number of benzene rings is 1. The molecule has 0 radical (unpaired) electrons. The van der Waals surface area contributed by atoms with E-state index in [0.29, 0.717) is 4.47 Å². The number of nitrogens with zero attached hydrogens (tertiary/aromatic N) is 1. The largest absolute Gasteiger partial charge is 0.480 e. The first kappa shape index (κ1) is 16.4. The first-order chi connectivity index (χ1) is 8.66. The van der Waals surface area contributed by atoms with Crippen molar-refractivity contribution in [3.8, 4) is 0 Å². The second-order valence-corrected chi connectivity index (χ2v) is 7.26. The van der Waals surface area contributed by atoms with E-state index in [1.807, 2.05) is 0 Å². The topological polar surface area (TPSA) is 74.7 Å². The fraction of sp³-hybridized carbons (Fsp3) is 0.364. The van der Waals surface area contributed by atoms with Crippen LogP contribution in [0.1, 0.15) is 13.8 Å². The molecule has 0 aromatic heterocycles. The minimum Gasteiger partial charge on any atom is -0.480 e. The Hall–Kier alpha value is -0.630. The summed E-state index contributed by atoms with van der Waals surface area (Å²) in [6, 6.07) is 3.86. The molecule has 1 aromatic carbocycles. The Morgan fingerprint density at radius 2 is 2.05 bits per heavy atom. The van der Waals surface area contributed by atoms with Crippen LogP contribution in [-0.2, 0) is 14.8 Å². The lowest BCUT2D eigenvalue weighted by Gasteiger charge is -2.24. The maximum atomic E-state index is 12.5. The average Bonchev–Trinajstić information content (AvgIpc) is 2.28. The van der Waals surface area contributed by atoms with Crippen LogP contribution in [0, 0.1) is 0 Å². The standard InChI is InChI=1S/C11H13BrClNO4S/c1-7(2)14(6-11(15)16)19(17,18)10-5-8(13)3-4-9(10)12/h3-5,7H,6H2,1-2H3,(H,15,16). The molecule has 0 atom stereocenters. The highest BCUT2D eigenvalue weighted by atomic mass is 79.9. The van der Waals surface area contributed by atoms with E-state index < -0.39 is 28.6 Å². The van der Waals surface area contributed by atoms with Gasteiger partial charge in [-0.3, -0.25) is 4.79 Å². The van der Waals surface area contributed by atoms with E-state index >= 15 is 0 Å². The Kier molecular flexibility index (Phi) is 5.37. The van der Waals surface area contributed by atoms with Gasteiger partial charge in [-0.05, 0) is 48.0 Å². The van der Waals surface area contributed by atoms with Crippen LogP contribution in [0.15, 0.2) is 27.6 Å². The average molecular weight is 371 g/mol. The highest BCUT2D eigenvalue weighted by molar-refractivity contribution is 9.10. The molecule has 0 saturated heterocycles. The summed E-state index contributed by atoms with van der Waals surface area (Å²) in [5, 5.41) is 9.09. The molecule has 0 unspecified atom stereocenters. The summed E-state index contributed by atoms with van der Waals surface area (Å²) in [6.45, 7) is 2.62. The molecule has 1 N–H and O–H groups in total. The van der Waals surface area contributed by atoms with Gasteiger partial charge in [0, 0.05) is 15.5 Å². The van der Waals surface area contributed by atoms with Gasteiger partial charge >= 0.3 is 5.97 Å². The number of sulfonamides is 1. The summed E-state index contributed by atoms with van der Waals surface area (Å²) in [7, 11) is -3.93. The Morgan fingerprint density at radius 1 is 1.47 bits per heavy atom. The number of aliphatic carboxylic acids is 1. The summed E-state index contributed by atoms with van der Waals surface area (Å²) >= 11 is 8.93. The third-order valence-electron chi connectivity index (χ3n) is 2.35. The first-order valence-electron chi connectivity index (χ1n) is 5.35. The number of carboxylic acid groups (broad SMARTS) is 1.